The average Bonchev–Trinajstić information content (AvgIpc) is 1.92. The van der Waals surface area contributed by atoms with E-state index in [2.05, 4.69) is 53.4 Å². The largest absolute Gasteiger partial charge is 0.339 e. The average molecular weight is 215 g/mol. The lowest BCUT2D eigenvalue weighted by Gasteiger charge is -2.39. The summed E-state index contributed by atoms with van der Waals surface area (Å²) in [6, 6.07) is 0. The van der Waals surface area contributed by atoms with Crippen molar-refractivity contribution in [3.63, 3.8) is 0 Å². The Morgan fingerprint density at radius 2 is 1.36 bits per heavy atom. The van der Waals surface area contributed by atoms with Gasteiger partial charge in [-0.2, -0.15) is 0 Å². The van der Waals surface area contributed by atoms with E-state index in [-0.39, 0.29) is 0 Å². The predicted octanol–water partition coefficient (Wildman–Crippen LogP) is 3.70. The third-order valence-corrected chi connectivity index (χ3v) is 6.77. The summed E-state index contributed by atoms with van der Waals surface area (Å²) in [4.78, 5) is 3.84. The molecule has 14 heavy (non-hydrogen) atoms. The van der Waals surface area contributed by atoms with Crippen LogP contribution in [0.25, 0.3) is 0 Å². The topological polar surface area (TPSA) is 12.0 Å². The first kappa shape index (κ1) is 14.2. The van der Waals surface area contributed by atoms with Crippen molar-refractivity contribution in [3.05, 3.63) is 0 Å². The van der Waals surface area contributed by atoms with E-state index in [4.69, 9.17) is 0 Å². The molecule has 0 saturated heterocycles. The fourth-order valence-corrected chi connectivity index (χ4v) is 6.65. The third kappa shape index (κ3) is 5.16. The fraction of sp³-hybridized carbons (Fsp3) is 1.00. The van der Waals surface area contributed by atoms with Gasteiger partial charge in [0.2, 0.25) is 0 Å². The quantitative estimate of drug-likeness (QED) is 0.557. The van der Waals surface area contributed by atoms with Crippen molar-refractivity contribution in [1.82, 2.24) is 4.98 Å². The molecule has 2 heteroatoms. The van der Waals surface area contributed by atoms with Crippen molar-refractivity contribution < 1.29 is 0 Å². The Balaban J connectivity index is 4.28. The van der Waals surface area contributed by atoms with Crippen LogP contribution in [0.15, 0.2) is 0 Å². The zero-order valence-corrected chi connectivity index (χ0v) is 12.4. The normalized spacial score (nSPS) is 13.7. The molecule has 0 fully saturated rings. The van der Waals surface area contributed by atoms with Crippen LogP contribution in [0.4, 0.5) is 0 Å². The third-order valence-electron chi connectivity index (χ3n) is 2.61. The Morgan fingerprint density at radius 3 is 1.64 bits per heavy atom. The monoisotopic (exact) mass is 215 g/mol. The van der Waals surface area contributed by atoms with Gasteiger partial charge in [-0.05, 0) is 23.0 Å². The van der Waals surface area contributed by atoms with Crippen molar-refractivity contribution >= 4 is 8.96 Å². The van der Waals surface area contributed by atoms with Crippen molar-refractivity contribution in [2.75, 3.05) is 6.54 Å². The van der Waals surface area contributed by atoms with Crippen LogP contribution in [0.1, 0.15) is 61.3 Å². The van der Waals surface area contributed by atoms with E-state index in [1.54, 1.807) is 0 Å². The summed E-state index contributed by atoms with van der Waals surface area (Å²) in [5.41, 5.74) is 0. The maximum Gasteiger partial charge on any atom is 0.119 e. The summed E-state index contributed by atoms with van der Waals surface area (Å²) in [7, 11) is -0.892. The minimum Gasteiger partial charge on any atom is -0.339 e. The Morgan fingerprint density at radius 1 is 0.929 bits per heavy atom. The first-order chi connectivity index (χ1) is 6.19. The summed E-state index contributed by atoms with van der Waals surface area (Å²) in [6.45, 7) is 17.8. The lowest BCUT2D eigenvalue weighted by Crippen LogP contribution is -2.48. The Labute approximate surface area is 92.4 Å². The molecule has 0 aromatic carbocycles. The molecule has 0 radical (unpaired) electrons. The summed E-state index contributed by atoms with van der Waals surface area (Å²) in [6.07, 6.45) is 2.61. The minimum absolute atomic E-state index is 0.478. The SMILES string of the molecule is CCCCN[SiH](C(C)(C)C)C(C)(C)C. The number of hydrogen-bond donors (Lipinski definition) is 1. The van der Waals surface area contributed by atoms with Crippen LogP contribution in [0.3, 0.4) is 0 Å². The van der Waals surface area contributed by atoms with Crippen molar-refractivity contribution in [1.29, 1.82) is 0 Å². The molecule has 86 valence electrons. The number of unbranched alkanes of at least 4 members (excludes halogenated alkanes) is 1. The van der Waals surface area contributed by atoms with Crippen LogP contribution in [-0.2, 0) is 0 Å². The van der Waals surface area contributed by atoms with Gasteiger partial charge in [0, 0.05) is 0 Å². The highest BCUT2D eigenvalue weighted by Crippen LogP contribution is 2.40. The number of hydrogen-bond acceptors (Lipinski definition) is 1. The van der Waals surface area contributed by atoms with Crippen LogP contribution >= 0.6 is 0 Å². The molecule has 0 amide bonds. The smallest absolute Gasteiger partial charge is 0.119 e. The second-order valence-electron chi connectivity index (χ2n) is 6.47. The van der Waals surface area contributed by atoms with Gasteiger partial charge < -0.3 is 4.98 Å². The van der Waals surface area contributed by atoms with Gasteiger partial charge in [-0.1, -0.05) is 54.9 Å². The molecule has 0 aliphatic rings. The molecule has 0 aliphatic heterocycles. The van der Waals surface area contributed by atoms with E-state index in [1.165, 1.54) is 19.4 Å². The van der Waals surface area contributed by atoms with Crippen LogP contribution in [0.2, 0.25) is 10.1 Å². The van der Waals surface area contributed by atoms with Crippen molar-refractivity contribution in [3.8, 4) is 0 Å². The van der Waals surface area contributed by atoms with E-state index >= 15 is 0 Å². The van der Waals surface area contributed by atoms with Crippen molar-refractivity contribution in [2.45, 2.75) is 71.4 Å². The summed E-state index contributed by atoms with van der Waals surface area (Å²) >= 11 is 0. The van der Waals surface area contributed by atoms with Gasteiger partial charge in [0.1, 0.15) is 8.96 Å². The second kappa shape index (κ2) is 5.31. The first-order valence-corrected chi connectivity index (χ1v) is 7.66. The molecule has 0 unspecified atom stereocenters. The zero-order valence-electron chi connectivity index (χ0n) is 11.2. The van der Waals surface area contributed by atoms with E-state index in [1.807, 2.05) is 0 Å². The molecule has 0 aromatic heterocycles. The molecule has 0 bridgehead atoms. The Bertz CT molecular complexity index is 139. The van der Waals surface area contributed by atoms with Crippen LogP contribution in [0.5, 0.6) is 0 Å². The Hall–Kier alpha value is 0.177. The molecule has 0 spiro atoms. The van der Waals surface area contributed by atoms with E-state index in [0.29, 0.717) is 10.1 Å². The molecule has 1 N–H and O–H groups in total. The van der Waals surface area contributed by atoms with E-state index in [0.717, 1.165) is 0 Å². The molecule has 0 aliphatic carbocycles. The van der Waals surface area contributed by atoms with Gasteiger partial charge >= 0.3 is 0 Å². The molecular weight excluding hydrogens is 186 g/mol. The standard InChI is InChI=1S/C12H29NSi/c1-8-9-10-13-14(11(2,3)4)12(5,6)7/h13-14H,8-10H2,1-7H3. The van der Waals surface area contributed by atoms with Gasteiger partial charge in [-0.25, -0.2) is 0 Å². The molecular formula is C12H29NSi. The van der Waals surface area contributed by atoms with Gasteiger partial charge in [0.25, 0.3) is 0 Å². The zero-order chi connectivity index (χ0) is 11.4. The highest BCUT2D eigenvalue weighted by atomic mass is 28.3. The molecule has 1 nitrogen and oxygen atoms in total. The minimum atomic E-state index is -0.892. The molecule has 0 heterocycles. The predicted molar refractivity (Wildman–Crippen MR) is 69.5 cm³/mol. The lowest BCUT2D eigenvalue weighted by atomic mass is 10.2. The van der Waals surface area contributed by atoms with E-state index < -0.39 is 8.96 Å². The van der Waals surface area contributed by atoms with Crippen LogP contribution in [0, 0.1) is 0 Å². The fourth-order valence-electron chi connectivity index (χ4n) is 2.33. The first-order valence-electron chi connectivity index (χ1n) is 5.93. The molecule has 0 atom stereocenters. The summed E-state index contributed by atoms with van der Waals surface area (Å²) in [5, 5.41) is 0.956. The molecule has 0 saturated carbocycles. The van der Waals surface area contributed by atoms with Gasteiger partial charge in [0.15, 0.2) is 0 Å². The maximum absolute atomic E-state index is 3.84. The van der Waals surface area contributed by atoms with Gasteiger partial charge in [0.05, 0.1) is 0 Å². The van der Waals surface area contributed by atoms with Gasteiger partial charge in [-0.3, -0.25) is 0 Å². The number of nitrogens with one attached hydrogen (secondary N) is 1. The summed E-state index contributed by atoms with van der Waals surface area (Å²) < 4.78 is 0. The molecule has 0 aromatic rings. The highest BCUT2D eigenvalue weighted by molar-refractivity contribution is 6.62. The van der Waals surface area contributed by atoms with Crippen LogP contribution < -0.4 is 4.98 Å². The summed E-state index contributed by atoms with van der Waals surface area (Å²) in [5.74, 6) is 0. The van der Waals surface area contributed by atoms with Gasteiger partial charge in [-0.15, -0.1) is 0 Å². The van der Waals surface area contributed by atoms with Crippen molar-refractivity contribution in [2.24, 2.45) is 0 Å². The Kier molecular flexibility index (Phi) is 5.38. The lowest BCUT2D eigenvalue weighted by molar-refractivity contribution is 0.604. The van der Waals surface area contributed by atoms with E-state index in [9.17, 15) is 0 Å². The van der Waals surface area contributed by atoms with Crippen LogP contribution in [-0.4, -0.2) is 15.5 Å². The highest BCUT2D eigenvalue weighted by Gasteiger charge is 2.35. The maximum atomic E-state index is 3.84. The molecule has 0 rings (SSSR count). The number of rotatable bonds is 4. The second-order valence-corrected chi connectivity index (χ2v) is 11.2.